The van der Waals surface area contributed by atoms with Crippen LogP contribution < -0.4 is 0 Å². The minimum absolute atomic E-state index is 0. The molecule has 0 spiro atoms. The molecule has 0 heterocycles. The Labute approximate surface area is 280 Å². The van der Waals surface area contributed by atoms with Crippen LogP contribution in [0.4, 0.5) is 0 Å². The molecule has 5 radical (unpaired) electrons. The average Bonchev–Trinajstić information content (AvgIpc) is 2.56. The van der Waals surface area contributed by atoms with Gasteiger partial charge in [-0.1, -0.05) is 36.4 Å². The molecule has 0 N–H and O–H groups in total. The van der Waals surface area contributed by atoms with E-state index in [-0.39, 0.29) is 169 Å². The Bertz CT molecular complexity index is 635. The molecule has 0 saturated heterocycles. The maximum atomic E-state index is 3.04. The summed E-state index contributed by atoms with van der Waals surface area (Å²) < 4.78 is 0. The molecule has 0 aliphatic heterocycles. The van der Waals surface area contributed by atoms with Crippen molar-refractivity contribution >= 4 is 79.7 Å². The number of benzene rings is 4. The van der Waals surface area contributed by atoms with Crippen molar-refractivity contribution in [2.24, 2.45) is 0 Å². The second-order valence-electron chi connectivity index (χ2n) is 4.55. The Balaban J connectivity index is 0. The Morgan fingerprint density at radius 2 is 0.833 bits per heavy atom. The molecule has 0 bridgehead atoms. The summed E-state index contributed by atoms with van der Waals surface area (Å²) in [6.45, 7) is 0. The summed E-state index contributed by atoms with van der Waals surface area (Å²) in [6, 6.07) is 34.6. The van der Waals surface area contributed by atoms with Crippen LogP contribution in [0, 0.1) is 57.1 Å². The molecule has 4 aromatic rings. The average molecular weight is 744 g/mol. The van der Waals surface area contributed by atoms with E-state index in [0.29, 0.717) is 0 Å². The smallest absolute Gasteiger partial charge is 0 e. The van der Waals surface area contributed by atoms with Gasteiger partial charge >= 0.3 is 0 Å². The molecule has 0 unspecified atom stereocenters. The molecule has 0 aliphatic rings. The van der Waals surface area contributed by atoms with Crippen LogP contribution in [-0.2, 0) is 65.4 Å². The fraction of sp³-hybridized carbons (Fsp3) is 0. The molecule has 0 atom stereocenters. The van der Waals surface area contributed by atoms with E-state index in [0.717, 1.165) is 0 Å². The first-order chi connectivity index (χ1) is 9.93. The quantitative estimate of drug-likeness (QED) is 0.225. The van der Waals surface area contributed by atoms with Crippen LogP contribution in [-0.4, -0.2) is 58.2 Å². The molecule has 4 rings (SSSR count). The molecule has 0 saturated carbocycles. The van der Waals surface area contributed by atoms with Gasteiger partial charge in [0.05, 0.1) is 0 Å². The van der Waals surface area contributed by atoms with Gasteiger partial charge in [-0.05, 0) is 0 Å². The zero-order valence-corrected chi connectivity index (χ0v) is 30.3. The van der Waals surface area contributed by atoms with Crippen molar-refractivity contribution < 1.29 is 110 Å². The summed E-state index contributed by atoms with van der Waals surface area (Å²) in [5, 5.41) is 5.07. The second kappa shape index (κ2) is 16.8. The Morgan fingerprint density at radius 1 is 0.500 bits per heavy atom. The fourth-order valence-electron chi connectivity index (χ4n) is 2.14. The topological polar surface area (TPSA) is 0 Å². The minimum Gasteiger partial charge on any atom is -0.183 e. The number of fused-ring (bicyclic) bond motifs is 2. The molecule has 0 aromatic heterocycles. The van der Waals surface area contributed by atoms with Crippen LogP contribution in [0.5, 0.6) is 0 Å². The third kappa shape index (κ3) is 9.39. The maximum Gasteiger partial charge on any atom is 0 e. The van der Waals surface area contributed by atoms with Crippen molar-refractivity contribution in [1.82, 2.24) is 0 Å². The summed E-state index contributed by atoms with van der Waals surface area (Å²) in [7, 11) is 0. The number of rotatable bonds is 0. The first-order valence-electron chi connectivity index (χ1n) is 6.63. The van der Waals surface area contributed by atoms with Gasteiger partial charge in [-0.3, -0.25) is 0 Å². The van der Waals surface area contributed by atoms with Gasteiger partial charge in [0.15, 0.2) is 0 Å². The molecule has 24 heavy (non-hydrogen) atoms. The monoisotopic (exact) mass is 743 g/mol. The van der Waals surface area contributed by atoms with Crippen molar-refractivity contribution in [3.05, 3.63) is 97.1 Å². The molecule has 105 valence electrons. The largest absolute Gasteiger partial charge is 0.183 e. The van der Waals surface area contributed by atoms with Crippen molar-refractivity contribution in [1.29, 1.82) is 0 Å². The van der Waals surface area contributed by atoms with Gasteiger partial charge in [-0.25, -0.2) is 0 Å². The van der Waals surface area contributed by atoms with Crippen molar-refractivity contribution in [2.75, 3.05) is 0 Å². The molecule has 0 amide bonds. The normalized spacial score (nSPS) is 8.33. The van der Waals surface area contributed by atoms with E-state index in [9.17, 15) is 0 Å². The van der Waals surface area contributed by atoms with E-state index in [1.54, 1.807) is 0 Å². The van der Waals surface area contributed by atoms with E-state index >= 15 is 0 Å². The summed E-state index contributed by atoms with van der Waals surface area (Å²) in [6.07, 6.45) is 0. The molecule has 4 heteroatoms. The predicted molar refractivity (Wildman–Crippen MR) is 91.3 cm³/mol. The van der Waals surface area contributed by atoms with E-state index in [1.807, 2.05) is 48.5 Å². The predicted octanol–water partition coefficient (Wildman–Crippen LogP) is 4.89. The van der Waals surface area contributed by atoms with Gasteiger partial charge < -0.3 is 0 Å². The first kappa shape index (κ1) is 29.1. The summed E-state index contributed by atoms with van der Waals surface area (Å²) in [4.78, 5) is 0. The maximum absolute atomic E-state index is 3.04. The van der Waals surface area contributed by atoms with E-state index in [1.165, 1.54) is 21.5 Å². The van der Waals surface area contributed by atoms with Crippen molar-refractivity contribution in [3.63, 3.8) is 0 Å². The van der Waals surface area contributed by atoms with Gasteiger partial charge in [0.1, 0.15) is 0 Å². The molecule has 0 aliphatic carbocycles. The summed E-state index contributed by atoms with van der Waals surface area (Å²) in [5.41, 5.74) is 0. The molecular weight excluding hydrogens is 729 g/mol. The van der Waals surface area contributed by atoms with Crippen molar-refractivity contribution in [3.8, 4) is 0 Å². The molecule has 0 nitrogen and oxygen atoms in total. The second-order valence-corrected chi connectivity index (χ2v) is 4.55. The Hall–Kier alpha value is 2.88. The van der Waals surface area contributed by atoms with Gasteiger partial charge in [-0.15, -0.1) is 33.7 Å². The van der Waals surface area contributed by atoms with Crippen LogP contribution >= 0.6 is 0 Å². The fourth-order valence-corrected chi connectivity index (χ4v) is 2.14. The standard InChI is InChI=1S/2C10H7.Ra.Rb.2Y/c2*1-2-6-10-8-4-3-7-9(10)5-1;;;;/h2*1-3,5-8H;;;;/q2*-1;;;;. The Morgan fingerprint density at radius 3 is 1.17 bits per heavy atom. The number of hydrogen-bond acceptors (Lipinski definition) is 0. The third-order valence-electron chi connectivity index (χ3n) is 3.19. The van der Waals surface area contributed by atoms with Crippen LogP contribution in [0.2, 0.25) is 0 Å². The van der Waals surface area contributed by atoms with Gasteiger partial charge in [0.25, 0.3) is 0 Å². The van der Waals surface area contributed by atoms with Crippen LogP contribution in [0.15, 0.2) is 84.9 Å². The van der Waals surface area contributed by atoms with Crippen LogP contribution in [0.1, 0.15) is 0 Å². The first-order valence-corrected chi connectivity index (χ1v) is 6.63. The van der Waals surface area contributed by atoms with E-state index < -0.39 is 0 Å². The molecule has 4 aromatic carbocycles. The third-order valence-corrected chi connectivity index (χ3v) is 3.19. The zero-order chi connectivity index (χ0) is 13.6. The molecule has 0 fully saturated rings. The van der Waals surface area contributed by atoms with Gasteiger partial charge in [0.2, 0.25) is 0 Å². The molecular formula is C20H14RaRbY2-2. The SMILES string of the molecule is [Ra].[Rb].[Y].[Y].[c-]1ccc2ccccc2c1.[c-]1ccc2ccccc2c1. The summed E-state index contributed by atoms with van der Waals surface area (Å²) in [5.74, 6) is 0. The number of hydrogen-bond donors (Lipinski definition) is 0. The van der Waals surface area contributed by atoms with Gasteiger partial charge in [0, 0.05) is 169 Å². The van der Waals surface area contributed by atoms with Gasteiger partial charge in [-0.2, -0.15) is 48.5 Å². The van der Waals surface area contributed by atoms with E-state index in [4.69, 9.17) is 0 Å². The van der Waals surface area contributed by atoms with Crippen LogP contribution in [0.3, 0.4) is 0 Å². The zero-order valence-electron chi connectivity index (χ0n) is 13.9. The van der Waals surface area contributed by atoms with Crippen LogP contribution in [0.25, 0.3) is 21.5 Å². The van der Waals surface area contributed by atoms with E-state index in [2.05, 4.69) is 48.5 Å². The van der Waals surface area contributed by atoms with Crippen molar-refractivity contribution in [2.45, 2.75) is 0 Å². The Kier molecular flexibility index (Phi) is 20.4. The summed E-state index contributed by atoms with van der Waals surface area (Å²) >= 11 is 0. The minimum atomic E-state index is 0.